The van der Waals surface area contributed by atoms with Crippen LogP contribution in [0.1, 0.15) is 17.4 Å². The standard InChI is InChI=1S/C14H14ClNO3/c1-3-16-11(5-6-12(16)14(17)18)9-4-7-13(19-2)10(15)8-9/h4-8H,3H2,1-2H3,(H,17,18). The van der Waals surface area contributed by atoms with Gasteiger partial charge in [0.25, 0.3) is 0 Å². The molecule has 0 aliphatic heterocycles. The minimum absolute atomic E-state index is 0.268. The molecule has 0 aliphatic carbocycles. The predicted octanol–water partition coefficient (Wildman–Crippen LogP) is 3.54. The molecule has 2 aromatic rings. The van der Waals surface area contributed by atoms with Gasteiger partial charge in [0.05, 0.1) is 12.1 Å². The number of hydrogen-bond donors (Lipinski definition) is 1. The molecule has 0 saturated carbocycles. The molecule has 1 N–H and O–H groups in total. The maximum atomic E-state index is 11.1. The first-order valence-electron chi connectivity index (χ1n) is 5.85. The van der Waals surface area contributed by atoms with Gasteiger partial charge in [-0.1, -0.05) is 11.6 Å². The lowest BCUT2D eigenvalue weighted by Crippen LogP contribution is -2.08. The zero-order valence-corrected chi connectivity index (χ0v) is 11.4. The molecule has 0 bridgehead atoms. The number of hydrogen-bond acceptors (Lipinski definition) is 2. The number of carboxylic acids is 1. The zero-order valence-electron chi connectivity index (χ0n) is 10.7. The van der Waals surface area contributed by atoms with Crippen molar-refractivity contribution >= 4 is 17.6 Å². The van der Waals surface area contributed by atoms with Gasteiger partial charge in [0, 0.05) is 12.2 Å². The van der Waals surface area contributed by atoms with E-state index in [1.807, 2.05) is 13.0 Å². The maximum absolute atomic E-state index is 11.1. The molecule has 0 spiro atoms. The summed E-state index contributed by atoms with van der Waals surface area (Å²) in [6.45, 7) is 2.48. The van der Waals surface area contributed by atoms with Crippen LogP contribution in [0.25, 0.3) is 11.3 Å². The molecule has 100 valence electrons. The molecule has 1 aromatic carbocycles. The van der Waals surface area contributed by atoms with Gasteiger partial charge in [0.2, 0.25) is 0 Å². The van der Waals surface area contributed by atoms with Crippen molar-refractivity contribution < 1.29 is 14.6 Å². The summed E-state index contributed by atoms with van der Waals surface area (Å²) in [5.41, 5.74) is 1.95. The fourth-order valence-corrected chi connectivity index (χ4v) is 2.33. The summed E-state index contributed by atoms with van der Waals surface area (Å²) in [7, 11) is 1.55. The largest absolute Gasteiger partial charge is 0.495 e. The number of rotatable bonds is 4. The molecule has 0 fully saturated rings. The van der Waals surface area contributed by atoms with E-state index in [-0.39, 0.29) is 5.69 Å². The van der Waals surface area contributed by atoms with Crippen molar-refractivity contribution in [2.75, 3.05) is 7.11 Å². The van der Waals surface area contributed by atoms with E-state index in [1.165, 1.54) is 0 Å². The van der Waals surface area contributed by atoms with Gasteiger partial charge < -0.3 is 14.4 Å². The molecule has 0 aliphatic rings. The molecule has 0 amide bonds. The van der Waals surface area contributed by atoms with Gasteiger partial charge in [-0.15, -0.1) is 0 Å². The van der Waals surface area contributed by atoms with E-state index in [1.54, 1.807) is 35.9 Å². The molecular formula is C14H14ClNO3. The van der Waals surface area contributed by atoms with Gasteiger partial charge in [-0.25, -0.2) is 4.79 Å². The van der Waals surface area contributed by atoms with Crippen molar-refractivity contribution in [3.05, 3.63) is 41.0 Å². The number of ether oxygens (including phenoxy) is 1. The summed E-state index contributed by atoms with van der Waals surface area (Å²) in [5, 5.41) is 9.63. The monoisotopic (exact) mass is 279 g/mol. The molecule has 1 heterocycles. The molecule has 19 heavy (non-hydrogen) atoms. The number of benzene rings is 1. The van der Waals surface area contributed by atoms with E-state index >= 15 is 0 Å². The Hall–Kier alpha value is -1.94. The SMILES string of the molecule is CCn1c(C(=O)O)ccc1-c1ccc(OC)c(Cl)c1. The van der Waals surface area contributed by atoms with Crippen LogP contribution < -0.4 is 4.74 Å². The summed E-state index contributed by atoms with van der Waals surface area (Å²) < 4.78 is 6.84. The third kappa shape index (κ3) is 2.44. The molecule has 1 aromatic heterocycles. The van der Waals surface area contributed by atoms with Crippen LogP contribution in [0, 0.1) is 0 Å². The number of halogens is 1. The van der Waals surface area contributed by atoms with Crippen LogP contribution in [-0.2, 0) is 6.54 Å². The molecule has 0 radical (unpaired) electrons. The highest BCUT2D eigenvalue weighted by Gasteiger charge is 2.14. The smallest absolute Gasteiger partial charge is 0.352 e. The third-order valence-corrected chi connectivity index (χ3v) is 3.26. The number of nitrogens with zero attached hydrogens (tertiary/aromatic N) is 1. The minimum atomic E-state index is -0.937. The van der Waals surface area contributed by atoms with Crippen LogP contribution in [-0.4, -0.2) is 22.8 Å². The molecule has 4 nitrogen and oxygen atoms in total. The number of carbonyl (C=O) groups is 1. The molecular weight excluding hydrogens is 266 g/mol. The van der Waals surface area contributed by atoms with Crippen LogP contribution in [0.2, 0.25) is 5.02 Å². The van der Waals surface area contributed by atoms with Gasteiger partial charge in [0.1, 0.15) is 11.4 Å². The van der Waals surface area contributed by atoms with Crippen LogP contribution in [0.3, 0.4) is 0 Å². The predicted molar refractivity (Wildman–Crippen MR) is 74.1 cm³/mol. The average molecular weight is 280 g/mol. The van der Waals surface area contributed by atoms with Crippen molar-refractivity contribution in [1.29, 1.82) is 0 Å². The minimum Gasteiger partial charge on any atom is -0.495 e. The molecule has 0 unspecified atom stereocenters. The van der Waals surface area contributed by atoms with Crippen LogP contribution in [0.15, 0.2) is 30.3 Å². The van der Waals surface area contributed by atoms with Gasteiger partial charge in [-0.2, -0.15) is 0 Å². The van der Waals surface area contributed by atoms with Crippen LogP contribution >= 0.6 is 11.6 Å². The highest BCUT2D eigenvalue weighted by atomic mass is 35.5. The Bertz CT molecular complexity index is 619. The van der Waals surface area contributed by atoms with Crippen molar-refractivity contribution in [2.45, 2.75) is 13.5 Å². The molecule has 0 atom stereocenters. The summed E-state index contributed by atoms with van der Waals surface area (Å²) >= 11 is 6.09. The normalized spacial score (nSPS) is 10.5. The van der Waals surface area contributed by atoms with Crippen molar-refractivity contribution in [3.8, 4) is 17.0 Å². The topological polar surface area (TPSA) is 51.5 Å². The zero-order chi connectivity index (χ0) is 14.0. The Kier molecular flexibility index (Phi) is 3.81. The Balaban J connectivity index is 2.53. The number of carboxylic acid groups (broad SMARTS) is 1. The first-order valence-corrected chi connectivity index (χ1v) is 6.23. The van der Waals surface area contributed by atoms with E-state index in [0.717, 1.165) is 11.3 Å². The molecule has 5 heteroatoms. The first-order chi connectivity index (χ1) is 9.08. The van der Waals surface area contributed by atoms with Crippen molar-refractivity contribution in [1.82, 2.24) is 4.57 Å². The van der Waals surface area contributed by atoms with Gasteiger partial charge in [-0.3, -0.25) is 0 Å². The second-order valence-corrected chi connectivity index (χ2v) is 4.41. The fraction of sp³-hybridized carbons (Fsp3) is 0.214. The van der Waals surface area contributed by atoms with E-state index < -0.39 is 5.97 Å². The summed E-state index contributed by atoms with van der Waals surface area (Å²) in [5.74, 6) is -0.341. The Morgan fingerprint density at radius 1 is 1.37 bits per heavy atom. The third-order valence-electron chi connectivity index (χ3n) is 2.96. The second kappa shape index (κ2) is 5.36. The Labute approximate surface area is 116 Å². The van der Waals surface area contributed by atoms with E-state index in [0.29, 0.717) is 17.3 Å². The number of aromatic carboxylic acids is 1. The maximum Gasteiger partial charge on any atom is 0.352 e. The summed E-state index contributed by atoms with van der Waals surface area (Å²) in [4.78, 5) is 11.1. The number of methoxy groups -OCH3 is 1. The lowest BCUT2D eigenvalue weighted by molar-refractivity contribution is 0.0685. The summed E-state index contributed by atoms with van der Waals surface area (Å²) in [6.07, 6.45) is 0. The van der Waals surface area contributed by atoms with Gasteiger partial charge >= 0.3 is 5.97 Å². The summed E-state index contributed by atoms with van der Waals surface area (Å²) in [6, 6.07) is 8.78. The molecule has 0 saturated heterocycles. The highest BCUT2D eigenvalue weighted by molar-refractivity contribution is 6.32. The van der Waals surface area contributed by atoms with Gasteiger partial charge in [0.15, 0.2) is 0 Å². The Morgan fingerprint density at radius 2 is 2.11 bits per heavy atom. The van der Waals surface area contributed by atoms with Crippen LogP contribution in [0.5, 0.6) is 5.75 Å². The lowest BCUT2D eigenvalue weighted by atomic mass is 10.1. The average Bonchev–Trinajstić information content (AvgIpc) is 2.82. The Morgan fingerprint density at radius 3 is 2.63 bits per heavy atom. The van der Waals surface area contributed by atoms with E-state index in [2.05, 4.69) is 0 Å². The van der Waals surface area contributed by atoms with Crippen molar-refractivity contribution in [2.24, 2.45) is 0 Å². The second-order valence-electron chi connectivity index (χ2n) is 4.00. The first kappa shape index (κ1) is 13.5. The lowest BCUT2D eigenvalue weighted by Gasteiger charge is -2.10. The fourth-order valence-electron chi connectivity index (χ4n) is 2.07. The van der Waals surface area contributed by atoms with E-state index in [9.17, 15) is 4.79 Å². The quantitative estimate of drug-likeness (QED) is 0.931. The van der Waals surface area contributed by atoms with E-state index in [4.69, 9.17) is 21.4 Å². The van der Waals surface area contributed by atoms with Crippen LogP contribution in [0.4, 0.5) is 0 Å². The van der Waals surface area contributed by atoms with Crippen molar-refractivity contribution in [3.63, 3.8) is 0 Å². The number of aromatic nitrogens is 1. The molecule has 2 rings (SSSR count). The van der Waals surface area contributed by atoms with Gasteiger partial charge in [-0.05, 0) is 42.8 Å². The highest BCUT2D eigenvalue weighted by Crippen LogP contribution is 2.31.